The number of benzene rings is 4. The van der Waals surface area contributed by atoms with Gasteiger partial charge in [-0.25, -0.2) is 18.2 Å². The first kappa shape index (κ1) is 32.8. The van der Waals surface area contributed by atoms with Crippen LogP contribution >= 0.6 is 0 Å². The van der Waals surface area contributed by atoms with Crippen molar-refractivity contribution in [3.8, 4) is 16.9 Å². The van der Waals surface area contributed by atoms with Crippen LogP contribution in [-0.4, -0.2) is 35.1 Å². The zero-order valence-corrected chi connectivity index (χ0v) is 24.9. The van der Waals surface area contributed by atoms with E-state index < -0.39 is 33.8 Å². The third-order valence-electron chi connectivity index (χ3n) is 6.81. The summed E-state index contributed by atoms with van der Waals surface area (Å²) in [5.41, 5.74) is 2.74. The van der Waals surface area contributed by atoms with Crippen molar-refractivity contribution in [2.24, 2.45) is 5.14 Å². The summed E-state index contributed by atoms with van der Waals surface area (Å²) in [6, 6.07) is 28.8. The van der Waals surface area contributed by atoms with Crippen LogP contribution < -0.4 is 5.14 Å². The summed E-state index contributed by atoms with van der Waals surface area (Å²) in [7, 11) is -3.90. The lowest BCUT2D eigenvalue weighted by atomic mass is 9.96. The number of aliphatic carboxylic acids is 1. The minimum Gasteiger partial charge on any atom is -0.481 e. The van der Waals surface area contributed by atoms with Crippen molar-refractivity contribution < 1.29 is 36.3 Å². The Labute approximate surface area is 257 Å². The standard InChI is InChI=1S/C17H14F3N3O2S.C16H14O3/c1-11-2-4-12(5-3-11)15-10-16(17(18,19)20)22-23(15)13-6-8-14(9-7-13)26(21,24)25;1-11(16(18)19)13-8-5-9-14(10-13)15(17)12-6-3-2-4-7-12/h2-10H,1H3,(H2,21,24,25);2-11H,1H3,(H,18,19). The van der Waals surface area contributed by atoms with E-state index in [-0.39, 0.29) is 22.1 Å². The highest BCUT2D eigenvalue weighted by molar-refractivity contribution is 7.89. The van der Waals surface area contributed by atoms with Gasteiger partial charge >= 0.3 is 12.1 Å². The summed E-state index contributed by atoms with van der Waals surface area (Å²) in [6.45, 7) is 3.47. The quantitative estimate of drug-likeness (QED) is 0.193. The fourth-order valence-electron chi connectivity index (χ4n) is 4.27. The molecule has 0 saturated heterocycles. The number of carbonyl (C=O) groups is 2. The number of ketones is 1. The summed E-state index contributed by atoms with van der Waals surface area (Å²) in [4.78, 5) is 23.1. The average molecular weight is 636 g/mol. The molecule has 3 N–H and O–H groups in total. The summed E-state index contributed by atoms with van der Waals surface area (Å²) in [6.07, 6.45) is -4.61. The van der Waals surface area contributed by atoms with Crippen molar-refractivity contribution in [3.05, 3.63) is 137 Å². The van der Waals surface area contributed by atoms with E-state index in [2.05, 4.69) is 5.10 Å². The van der Waals surface area contributed by atoms with Crippen LogP contribution in [0.5, 0.6) is 0 Å². The topological polar surface area (TPSA) is 132 Å². The van der Waals surface area contributed by atoms with Crippen LogP contribution in [0.2, 0.25) is 0 Å². The first-order valence-electron chi connectivity index (χ1n) is 13.4. The fourth-order valence-corrected chi connectivity index (χ4v) is 4.79. The zero-order chi connectivity index (χ0) is 32.9. The molecule has 0 bridgehead atoms. The lowest BCUT2D eigenvalue weighted by Crippen LogP contribution is -2.12. The molecule has 1 unspecified atom stereocenters. The number of nitrogens with zero attached hydrogens (tertiary/aromatic N) is 2. The molecule has 0 saturated carbocycles. The van der Waals surface area contributed by atoms with Crippen LogP contribution in [0.15, 0.2) is 114 Å². The third-order valence-corrected chi connectivity index (χ3v) is 7.74. The third kappa shape index (κ3) is 8.11. The average Bonchev–Trinajstić information content (AvgIpc) is 3.48. The number of sulfonamides is 1. The van der Waals surface area contributed by atoms with Gasteiger partial charge < -0.3 is 5.11 Å². The van der Waals surface area contributed by atoms with Gasteiger partial charge in [0, 0.05) is 16.7 Å². The number of carboxylic acids is 1. The van der Waals surface area contributed by atoms with Gasteiger partial charge in [0.2, 0.25) is 10.0 Å². The van der Waals surface area contributed by atoms with Crippen molar-refractivity contribution in [2.45, 2.75) is 30.8 Å². The van der Waals surface area contributed by atoms with E-state index >= 15 is 0 Å². The number of hydrogen-bond acceptors (Lipinski definition) is 5. The van der Waals surface area contributed by atoms with Crippen molar-refractivity contribution in [2.75, 3.05) is 0 Å². The SMILES string of the molecule is CC(C(=O)O)c1cccc(C(=O)c2ccccc2)c1.Cc1ccc(-c2cc(C(F)(F)F)nn2-c2ccc(S(N)(=O)=O)cc2)cc1. The van der Waals surface area contributed by atoms with E-state index in [0.29, 0.717) is 22.3 Å². The molecule has 1 atom stereocenters. The Bertz CT molecular complexity index is 1920. The zero-order valence-electron chi connectivity index (χ0n) is 24.1. The number of primary sulfonamides is 1. The van der Waals surface area contributed by atoms with Crippen LogP contribution in [0, 0.1) is 6.92 Å². The number of aromatic nitrogens is 2. The second-order valence-corrected chi connectivity index (χ2v) is 11.7. The molecule has 12 heteroatoms. The molecule has 0 aliphatic carbocycles. The molecule has 0 fully saturated rings. The lowest BCUT2D eigenvalue weighted by Gasteiger charge is -2.09. The second-order valence-electron chi connectivity index (χ2n) is 10.1. The lowest BCUT2D eigenvalue weighted by molar-refractivity contribution is -0.141. The Hall–Kier alpha value is -5.07. The number of aryl methyl sites for hydroxylation is 1. The first-order valence-corrected chi connectivity index (χ1v) is 15.0. The molecule has 8 nitrogen and oxygen atoms in total. The second kappa shape index (κ2) is 13.3. The predicted octanol–water partition coefficient (Wildman–Crippen LogP) is 6.62. The Kier molecular flexibility index (Phi) is 9.69. The van der Waals surface area contributed by atoms with E-state index in [4.69, 9.17) is 10.2 Å². The van der Waals surface area contributed by atoms with E-state index in [9.17, 15) is 31.2 Å². The molecule has 1 aromatic heterocycles. The molecule has 5 rings (SSSR count). The Balaban J connectivity index is 0.000000215. The predicted molar refractivity (Wildman–Crippen MR) is 162 cm³/mol. The minimum atomic E-state index is -4.61. The smallest absolute Gasteiger partial charge is 0.435 e. The van der Waals surface area contributed by atoms with Gasteiger partial charge in [0.1, 0.15) is 0 Å². The van der Waals surface area contributed by atoms with Gasteiger partial charge in [0.25, 0.3) is 0 Å². The maximum absolute atomic E-state index is 13.1. The monoisotopic (exact) mass is 635 g/mol. The summed E-state index contributed by atoms with van der Waals surface area (Å²) >= 11 is 0. The molecule has 1 heterocycles. The normalized spacial score (nSPS) is 12.1. The number of carbonyl (C=O) groups excluding carboxylic acids is 1. The molecule has 0 aliphatic rings. The largest absolute Gasteiger partial charge is 0.481 e. The van der Waals surface area contributed by atoms with Crippen LogP contribution in [0.1, 0.15) is 45.6 Å². The molecular formula is C33H28F3N3O5S. The number of rotatable bonds is 7. The molecular weight excluding hydrogens is 607 g/mol. The molecule has 232 valence electrons. The van der Waals surface area contributed by atoms with Crippen LogP contribution in [0.4, 0.5) is 13.2 Å². The molecule has 0 spiro atoms. The van der Waals surface area contributed by atoms with Gasteiger partial charge in [-0.3, -0.25) is 9.59 Å². The minimum absolute atomic E-state index is 0.0972. The van der Waals surface area contributed by atoms with Gasteiger partial charge in [-0.1, -0.05) is 78.4 Å². The van der Waals surface area contributed by atoms with Crippen LogP contribution in [0.3, 0.4) is 0 Å². The molecule has 0 aliphatic heterocycles. The number of hydrogen-bond donors (Lipinski definition) is 2. The number of nitrogens with two attached hydrogens (primary N) is 1. The number of halogens is 3. The summed E-state index contributed by atoms with van der Waals surface area (Å²) in [5, 5.41) is 17.7. The molecule has 4 aromatic carbocycles. The van der Waals surface area contributed by atoms with Gasteiger partial charge in [0.05, 0.1) is 22.2 Å². The van der Waals surface area contributed by atoms with Crippen molar-refractivity contribution in [1.82, 2.24) is 9.78 Å². The molecule has 0 radical (unpaired) electrons. The number of carboxylic acid groups (broad SMARTS) is 1. The van der Waals surface area contributed by atoms with Gasteiger partial charge in [0.15, 0.2) is 11.5 Å². The Morgan fingerprint density at radius 3 is 2.00 bits per heavy atom. The van der Waals surface area contributed by atoms with Crippen LogP contribution in [0.25, 0.3) is 16.9 Å². The highest BCUT2D eigenvalue weighted by Gasteiger charge is 2.35. The molecule has 5 aromatic rings. The van der Waals surface area contributed by atoms with Crippen molar-refractivity contribution in [1.29, 1.82) is 0 Å². The van der Waals surface area contributed by atoms with Crippen molar-refractivity contribution >= 4 is 21.8 Å². The Morgan fingerprint density at radius 1 is 0.844 bits per heavy atom. The van der Waals surface area contributed by atoms with E-state index in [1.54, 1.807) is 79.7 Å². The highest BCUT2D eigenvalue weighted by atomic mass is 32.2. The van der Waals surface area contributed by atoms with E-state index in [1.165, 1.54) is 24.3 Å². The van der Waals surface area contributed by atoms with Gasteiger partial charge in [-0.05, 0) is 55.8 Å². The Morgan fingerprint density at radius 2 is 1.44 bits per heavy atom. The van der Waals surface area contributed by atoms with Crippen LogP contribution in [-0.2, 0) is 21.0 Å². The van der Waals surface area contributed by atoms with Crippen molar-refractivity contribution in [3.63, 3.8) is 0 Å². The maximum Gasteiger partial charge on any atom is 0.435 e. The molecule has 0 amide bonds. The summed E-state index contributed by atoms with van der Waals surface area (Å²) < 4.78 is 63.2. The molecule has 45 heavy (non-hydrogen) atoms. The van der Waals surface area contributed by atoms with Gasteiger partial charge in [-0.15, -0.1) is 0 Å². The number of alkyl halides is 3. The maximum atomic E-state index is 13.1. The highest BCUT2D eigenvalue weighted by Crippen LogP contribution is 2.33. The van der Waals surface area contributed by atoms with E-state index in [0.717, 1.165) is 16.3 Å². The van der Waals surface area contributed by atoms with Gasteiger partial charge in [-0.2, -0.15) is 18.3 Å². The van der Waals surface area contributed by atoms with E-state index in [1.807, 2.05) is 13.0 Å². The summed E-state index contributed by atoms with van der Waals surface area (Å²) in [5.74, 6) is -1.62. The first-order chi connectivity index (χ1) is 21.1. The fraction of sp³-hybridized carbons (Fsp3) is 0.121.